The smallest absolute Gasteiger partial charge is 0.0107 e. The highest BCUT2D eigenvalue weighted by Crippen LogP contribution is 2.36. The normalized spacial score (nSPS) is 27.1. The maximum atomic E-state index is 3.76. The number of hydrogen-bond donors (Lipinski definition) is 1. The predicted molar refractivity (Wildman–Crippen MR) is 89.9 cm³/mol. The molecule has 1 aliphatic heterocycles. The first-order valence-electron chi connectivity index (χ1n) is 8.83. The molecule has 2 nitrogen and oxygen atoms in total. The highest BCUT2D eigenvalue weighted by atomic mass is 15.1. The Morgan fingerprint density at radius 1 is 1.10 bits per heavy atom. The van der Waals surface area contributed by atoms with Crippen LogP contribution in [0.4, 0.5) is 0 Å². The molecule has 0 spiro atoms. The van der Waals surface area contributed by atoms with Crippen molar-refractivity contribution in [3.8, 4) is 0 Å². The number of nitrogens with zero attached hydrogens (tertiary/aromatic N) is 1. The third-order valence-corrected chi connectivity index (χ3v) is 5.21. The summed E-state index contributed by atoms with van der Waals surface area (Å²) in [5.41, 5.74) is 2.94. The molecule has 0 radical (unpaired) electrons. The SMILES string of the molecule is Cc1cccc(C2CC(NCCN3CCCCCC3)C2)c1. The number of benzene rings is 1. The van der Waals surface area contributed by atoms with Crippen LogP contribution >= 0.6 is 0 Å². The summed E-state index contributed by atoms with van der Waals surface area (Å²) in [5, 5.41) is 3.76. The Labute approximate surface area is 129 Å². The molecule has 2 heteroatoms. The second kappa shape index (κ2) is 7.42. The third kappa shape index (κ3) is 4.31. The molecule has 1 saturated carbocycles. The van der Waals surface area contributed by atoms with E-state index >= 15 is 0 Å². The van der Waals surface area contributed by atoms with E-state index < -0.39 is 0 Å². The van der Waals surface area contributed by atoms with Crippen molar-refractivity contribution in [3.05, 3.63) is 35.4 Å². The van der Waals surface area contributed by atoms with E-state index in [1.54, 1.807) is 5.56 Å². The van der Waals surface area contributed by atoms with Gasteiger partial charge in [-0.1, -0.05) is 42.7 Å². The van der Waals surface area contributed by atoms with Gasteiger partial charge in [-0.25, -0.2) is 0 Å². The molecule has 1 heterocycles. The molecule has 2 aliphatic rings. The fourth-order valence-electron chi connectivity index (χ4n) is 3.77. The summed E-state index contributed by atoms with van der Waals surface area (Å²) in [6.07, 6.45) is 8.32. The van der Waals surface area contributed by atoms with Crippen LogP contribution in [-0.4, -0.2) is 37.1 Å². The zero-order valence-corrected chi connectivity index (χ0v) is 13.5. The van der Waals surface area contributed by atoms with Crippen molar-refractivity contribution in [2.24, 2.45) is 0 Å². The van der Waals surface area contributed by atoms with E-state index in [0.717, 1.165) is 12.0 Å². The van der Waals surface area contributed by atoms with Gasteiger partial charge in [0.1, 0.15) is 0 Å². The molecule has 0 bridgehead atoms. The Morgan fingerprint density at radius 3 is 2.57 bits per heavy atom. The summed E-state index contributed by atoms with van der Waals surface area (Å²) >= 11 is 0. The molecular formula is C19H30N2. The van der Waals surface area contributed by atoms with Crippen molar-refractivity contribution in [1.29, 1.82) is 0 Å². The second-order valence-corrected chi connectivity index (χ2v) is 6.99. The Bertz CT molecular complexity index is 429. The lowest BCUT2D eigenvalue weighted by atomic mass is 9.75. The van der Waals surface area contributed by atoms with Crippen molar-refractivity contribution < 1.29 is 0 Å². The number of hydrogen-bond acceptors (Lipinski definition) is 2. The van der Waals surface area contributed by atoms with Gasteiger partial charge in [-0.05, 0) is 57.2 Å². The Morgan fingerprint density at radius 2 is 1.86 bits per heavy atom. The maximum absolute atomic E-state index is 3.76. The Kier molecular flexibility index (Phi) is 5.32. The van der Waals surface area contributed by atoms with Gasteiger partial charge in [-0.2, -0.15) is 0 Å². The van der Waals surface area contributed by atoms with Crippen molar-refractivity contribution in [3.63, 3.8) is 0 Å². The largest absolute Gasteiger partial charge is 0.313 e. The zero-order chi connectivity index (χ0) is 14.5. The summed E-state index contributed by atoms with van der Waals surface area (Å²) in [6.45, 7) is 7.24. The molecule has 1 saturated heterocycles. The molecule has 116 valence electrons. The molecule has 2 fully saturated rings. The molecule has 0 unspecified atom stereocenters. The third-order valence-electron chi connectivity index (χ3n) is 5.21. The van der Waals surface area contributed by atoms with E-state index in [-0.39, 0.29) is 0 Å². The standard InChI is InChI=1S/C19H30N2/c1-16-7-6-8-17(13-16)18-14-19(15-18)20-9-12-21-10-4-2-3-5-11-21/h6-8,13,18-20H,2-5,9-12,14-15H2,1H3. The topological polar surface area (TPSA) is 15.3 Å². The van der Waals surface area contributed by atoms with E-state index in [1.165, 1.54) is 70.3 Å². The van der Waals surface area contributed by atoms with E-state index in [1.807, 2.05) is 0 Å². The van der Waals surface area contributed by atoms with Gasteiger partial charge < -0.3 is 10.2 Å². The summed E-state index contributed by atoms with van der Waals surface area (Å²) in [6, 6.07) is 9.80. The van der Waals surface area contributed by atoms with Crippen LogP contribution in [0, 0.1) is 6.92 Å². The lowest BCUT2D eigenvalue weighted by Gasteiger charge is -2.37. The van der Waals surface area contributed by atoms with Gasteiger partial charge >= 0.3 is 0 Å². The Hall–Kier alpha value is -0.860. The first kappa shape index (κ1) is 15.1. The summed E-state index contributed by atoms with van der Waals surface area (Å²) < 4.78 is 0. The maximum Gasteiger partial charge on any atom is 0.0107 e. The van der Waals surface area contributed by atoms with Crippen molar-refractivity contribution in [2.45, 2.75) is 57.4 Å². The quantitative estimate of drug-likeness (QED) is 0.888. The fourth-order valence-corrected chi connectivity index (χ4v) is 3.77. The molecule has 0 aromatic heterocycles. The average molecular weight is 286 g/mol. The van der Waals surface area contributed by atoms with Crippen LogP contribution < -0.4 is 5.32 Å². The van der Waals surface area contributed by atoms with E-state index in [2.05, 4.69) is 41.4 Å². The van der Waals surface area contributed by atoms with Gasteiger partial charge in [0.05, 0.1) is 0 Å². The minimum atomic E-state index is 0.752. The van der Waals surface area contributed by atoms with Crippen LogP contribution in [0.5, 0.6) is 0 Å². The first-order valence-corrected chi connectivity index (χ1v) is 8.83. The number of rotatable bonds is 5. The highest BCUT2D eigenvalue weighted by Gasteiger charge is 2.29. The van der Waals surface area contributed by atoms with Gasteiger partial charge in [-0.15, -0.1) is 0 Å². The summed E-state index contributed by atoms with van der Waals surface area (Å²) in [7, 11) is 0. The predicted octanol–water partition coefficient (Wildman–Crippen LogP) is 3.71. The molecule has 1 aliphatic carbocycles. The summed E-state index contributed by atoms with van der Waals surface area (Å²) in [5.74, 6) is 0.792. The monoisotopic (exact) mass is 286 g/mol. The van der Waals surface area contributed by atoms with Crippen LogP contribution in [-0.2, 0) is 0 Å². The first-order chi connectivity index (χ1) is 10.3. The van der Waals surface area contributed by atoms with Crippen molar-refractivity contribution >= 4 is 0 Å². The van der Waals surface area contributed by atoms with Crippen LogP contribution in [0.2, 0.25) is 0 Å². The molecule has 0 amide bonds. The number of likely N-dealkylation sites (tertiary alicyclic amines) is 1. The average Bonchev–Trinajstić information content (AvgIpc) is 2.70. The van der Waals surface area contributed by atoms with E-state index in [4.69, 9.17) is 0 Å². The highest BCUT2D eigenvalue weighted by molar-refractivity contribution is 5.27. The van der Waals surface area contributed by atoms with Gasteiger partial charge in [0, 0.05) is 19.1 Å². The van der Waals surface area contributed by atoms with Crippen molar-refractivity contribution in [1.82, 2.24) is 10.2 Å². The molecule has 3 rings (SSSR count). The fraction of sp³-hybridized carbons (Fsp3) is 0.684. The van der Waals surface area contributed by atoms with E-state index in [0.29, 0.717) is 0 Å². The van der Waals surface area contributed by atoms with Crippen molar-refractivity contribution in [2.75, 3.05) is 26.2 Å². The lowest BCUT2D eigenvalue weighted by molar-refractivity contribution is 0.248. The lowest BCUT2D eigenvalue weighted by Crippen LogP contribution is -2.43. The second-order valence-electron chi connectivity index (χ2n) is 6.99. The van der Waals surface area contributed by atoms with Gasteiger partial charge in [0.2, 0.25) is 0 Å². The van der Waals surface area contributed by atoms with Gasteiger partial charge in [0.15, 0.2) is 0 Å². The summed E-state index contributed by atoms with van der Waals surface area (Å²) in [4.78, 5) is 2.65. The number of nitrogens with one attached hydrogen (secondary N) is 1. The van der Waals surface area contributed by atoms with Gasteiger partial charge in [0.25, 0.3) is 0 Å². The molecule has 1 aromatic rings. The van der Waals surface area contributed by atoms with Gasteiger partial charge in [-0.3, -0.25) is 0 Å². The van der Waals surface area contributed by atoms with Crippen LogP contribution in [0.15, 0.2) is 24.3 Å². The van der Waals surface area contributed by atoms with Crippen LogP contribution in [0.25, 0.3) is 0 Å². The van der Waals surface area contributed by atoms with Crippen LogP contribution in [0.3, 0.4) is 0 Å². The molecule has 21 heavy (non-hydrogen) atoms. The number of aryl methyl sites for hydroxylation is 1. The molecule has 0 atom stereocenters. The molecule has 1 N–H and O–H groups in total. The zero-order valence-electron chi connectivity index (χ0n) is 13.5. The molecule has 1 aromatic carbocycles. The minimum absolute atomic E-state index is 0.752. The molecular weight excluding hydrogens is 256 g/mol. The van der Waals surface area contributed by atoms with Crippen LogP contribution in [0.1, 0.15) is 55.6 Å². The van der Waals surface area contributed by atoms with E-state index in [9.17, 15) is 0 Å². The minimum Gasteiger partial charge on any atom is -0.313 e. The Balaban J connectivity index is 1.33.